The molecule has 2 aromatic carbocycles. The molecule has 0 amide bonds. The predicted octanol–water partition coefficient (Wildman–Crippen LogP) is 3.29. The van der Waals surface area contributed by atoms with Gasteiger partial charge in [-0.25, -0.2) is 0 Å². The average molecular weight is 251 g/mol. The Morgan fingerprint density at radius 2 is 1.63 bits per heavy atom. The molecule has 0 aliphatic rings. The van der Waals surface area contributed by atoms with Gasteiger partial charge in [0.15, 0.2) is 0 Å². The summed E-state index contributed by atoms with van der Waals surface area (Å²) in [6.45, 7) is 1.95. The Kier molecular flexibility index (Phi) is 2.76. The van der Waals surface area contributed by atoms with Crippen LogP contribution in [0, 0.1) is 6.92 Å². The lowest BCUT2D eigenvalue weighted by atomic mass is 10.1. The summed E-state index contributed by atoms with van der Waals surface area (Å²) in [4.78, 5) is 0. The number of para-hydroxylation sites is 1. The van der Waals surface area contributed by atoms with Crippen LogP contribution in [0.1, 0.15) is 5.56 Å². The Balaban J connectivity index is 2.05. The average Bonchev–Trinajstić information content (AvgIpc) is 2.92. The van der Waals surface area contributed by atoms with E-state index in [1.165, 1.54) is 0 Å². The van der Waals surface area contributed by atoms with Gasteiger partial charge in [-0.2, -0.15) is 0 Å². The fourth-order valence-corrected chi connectivity index (χ4v) is 1.90. The van der Waals surface area contributed by atoms with Crippen LogP contribution in [0.5, 0.6) is 0 Å². The zero-order chi connectivity index (χ0) is 13.2. The topological polar surface area (TPSA) is 64.9 Å². The van der Waals surface area contributed by atoms with Crippen LogP contribution in [-0.2, 0) is 0 Å². The first kappa shape index (κ1) is 11.5. The maximum Gasteiger partial charge on any atom is 0.250 e. The highest BCUT2D eigenvalue weighted by Crippen LogP contribution is 2.29. The second-order valence-corrected chi connectivity index (χ2v) is 4.31. The Labute approximate surface area is 110 Å². The summed E-state index contributed by atoms with van der Waals surface area (Å²) in [5, 5.41) is 8.13. The van der Waals surface area contributed by atoms with E-state index in [4.69, 9.17) is 10.2 Å². The highest BCUT2D eigenvalue weighted by atomic mass is 16.4. The van der Waals surface area contributed by atoms with Gasteiger partial charge in [0.1, 0.15) is 0 Å². The van der Waals surface area contributed by atoms with Gasteiger partial charge in [-0.15, -0.1) is 10.2 Å². The number of aromatic nitrogens is 2. The minimum absolute atomic E-state index is 0.444. The highest BCUT2D eigenvalue weighted by Gasteiger charge is 2.13. The first-order chi connectivity index (χ1) is 9.25. The summed E-state index contributed by atoms with van der Waals surface area (Å²) in [6, 6.07) is 15.4. The summed E-state index contributed by atoms with van der Waals surface area (Å²) in [5.74, 6) is 0.941. The number of nitrogens with two attached hydrogens (primary N) is 1. The molecule has 0 saturated carbocycles. The van der Waals surface area contributed by atoms with E-state index in [9.17, 15) is 0 Å². The van der Waals surface area contributed by atoms with Crippen LogP contribution in [-0.4, -0.2) is 10.2 Å². The maximum absolute atomic E-state index is 6.03. The van der Waals surface area contributed by atoms with Crippen molar-refractivity contribution in [3.63, 3.8) is 0 Å². The van der Waals surface area contributed by atoms with Gasteiger partial charge in [0.2, 0.25) is 11.8 Å². The van der Waals surface area contributed by atoms with Crippen LogP contribution in [0.2, 0.25) is 0 Å². The SMILES string of the molecule is Cc1cccc(-c2nnc(-c3ccccc3)o2)c1N. The molecule has 94 valence electrons. The number of benzene rings is 2. The number of aryl methyl sites for hydroxylation is 1. The molecule has 0 radical (unpaired) electrons. The van der Waals surface area contributed by atoms with Gasteiger partial charge < -0.3 is 10.2 Å². The molecule has 4 heteroatoms. The van der Waals surface area contributed by atoms with E-state index in [1.807, 2.05) is 55.5 Å². The number of rotatable bonds is 2. The first-order valence-electron chi connectivity index (χ1n) is 6.00. The van der Waals surface area contributed by atoms with Crippen molar-refractivity contribution in [2.75, 3.05) is 5.73 Å². The first-order valence-corrected chi connectivity index (χ1v) is 6.00. The Morgan fingerprint density at radius 3 is 2.42 bits per heavy atom. The van der Waals surface area contributed by atoms with E-state index in [-0.39, 0.29) is 0 Å². The Bertz CT molecular complexity index is 704. The lowest BCUT2D eigenvalue weighted by Crippen LogP contribution is -1.93. The van der Waals surface area contributed by atoms with Gasteiger partial charge in [0, 0.05) is 11.3 Å². The summed E-state index contributed by atoms with van der Waals surface area (Å²) in [6.07, 6.45) is 0. The molecular weight excluding hydrogens is 238 g/mol. The molecule has 0 atom stereocenters. The second kappa shape index (κ2) is 4.57. The Hall–Kier alpha value is -2.62. The molecule has 0 unspecified atom stereocenters. The molecule has 3 rings (SSSR count). The molecule has 0 bridgehead atoms. The second-order valence-electron chi connectivity index (χ2n) is 4.31. The van der Waals surface area contributed by atoms with E-state index in [2.05, 4.69) is 10.2 Å². The quantitative estimate of drug-likeness (QED) is 0.710. The van der Waals surface area contributed by atoms with E-state index >= 15 is 0 Å². The monoisotopic (exact) mass is 251 g/mol. The molecule has 4 nitrogen and oxygen atoms in total. The van der Waals surface area contributed by atoms with Gasteiger partial charge in [-0.3, -0.25) is 0 Å². The van der Waals surface area contributed by atoms with Crippen LogP contribution in [0.25, 0.3) is 22.9 Å². The molecule has 0 fully saturated rings. The standard InChI is InChI=1S/C15H13N3O/c1-10-6-5-9-12(13(10)16)15-18-17-14(19-15)11-7-3-2-4-8-11/h2-9H,16H2,1H3. The smallest absolute Gasteiger partial charge is 0.250 e. The van der Waals surface area contributed by atoms with Gasteiger partial charge in [-0.1, -0.05) is 30.3 Å². The van der Waals surface area contributed by atoms with Crippen LogP contribution >= 0.6 is 0 Å². The van der Waals surface area contributed by atoms with E-state index in [0.717, 1.165) is 16.7 Å². The van der Waals surface area contributed by atoms with E-state index < -0.39 is 0 Å². The van der Waals surface area contributed by atoms with Crippen molar-refractivity contribution in [2.24, 2.45) is 0 Å². The van der Waals surface area contributed by atoms with Crippen LogP contribution in [0.4, 0.5) is 5.69 Å². The van der Waals surface area contributed by atoms with Crippen molar-refractivity contribution in [1.82, 2.24) is 10.2 Å². The van der Waals surface area contributed by atoms with Gasteiger partial charge >= 0.3 is 0 Å². The molecule has 2 N–H and O–H groups in total. The molecule has 0 aliphatic heterocycles. The zero-order valence-corrected chi connectivity index (χ0v) is 10.5. The van der Waals surface area contributed by atoms with Crippen molar-refractivity contribution in [1.29, 1.82) is 0 Å². The van der Waals surface area contributed by atoms with Crippen molar-refractivity contribution < 1.29 is 4.42 Å². The lowest BCUT2D eigenvalue weighted by molar-refractivity contribution is 0.585. The van der Waals surface area contributed by atoms with Crippen molar-refractivity contribution in [2.45, 2.75) is 6.92 Å². The number of nitrogen functional groups attached to an aromatic ring is 1. The molecule has 0 saturated heterocycles. The van der Waals surface area contributed by atoms with Gasteiger partial charge in [-0.05, 0) is 30.7 Å². The maximum atomic E-state index is 6.03. The van der Waals surface area contributed by atoms with Gasteiger partial charge in [0.25, 0.3) is 0 Å². The van der Waals surface area contributed by atoms with Crippen LogP contribution in [0.3, 0.4) is 0 Å². The summed E-state index contributed by atoms with van der Waals surface area (Å²) in [5.41, 5.74) is 9.37. The molecular formula is C15H13N3O. The third-order valence-electron chi connectivity index (χ3n) is 3.00. The van der Waals surface area contributed by atoms with Gasteiger partial charge in [0.05, 0.1) is 5.56 Å². The number of anilines is 1. The molecule has 1 aromatic heterocycles. The minimum Gasteiger partial charge on any atom is -0.416 e. The fourth-order valence-electron chi connectivity index (χ4n) is 1.90. The summed E-state index contributed by atoms with van der Waals surface area (Å²) >= 11 is 0. The predicted molar refractivity (Wildman–Crippen MR) is 74.3 cm³/mol. The molecule has 0 aliphatic carbocycles. The molecule has 3 aromatic rings. The van der Waals surface area contributed by atoms with Crippen LogP contribution in [0.15, 0.2) is 52.9 Å². The molecule has 19 heavy (non-hydrogen) atoms. The molecule has 0 spiro atoms. The van der Waals surface area contributed by atoms with Crippen molar-refractivity contribution >= 4 is 5.69 Å². The number of hydrogen-bond acceptors (Lipinski definition) is 4. The lowest BCUT2D eigenvalue weighted by Gasteiger charge is -2.03. The van der Waals surface area contributed by atoms with E-state index in [0.29, 0.717) is 17.5 Å². The van der Waals surface area contributed by atoms with Crippen LogP contribution < -0.4 is 5.73 Å². The fraction of sp³-hybridized carbons (Fsp3) is 0.0667. The highest BCUT2D eigenvalue weighted by molar-refractivity contribution is 5.73. The largest absolute Gasteiger partial charge is 0.416 e. The van der Waals surface area contributed by atoms with Crippen molar-refractivity contribution in [3.8, 4) is 22.9 Å². The number of nitrogens with zero attached hydrogens (tertiary/aromatic N) is 2. The summed E-state index contributed by atoms with van der Waals surface area (Å²) in [7, 11) is 0. The van der Waals surface area contributed by atoms with Crippen molar-refractivity contribution in [3.05, 3.63) is 54.1 Å². The third-order valence-corrected chi connectivity index (χ3v) is 3.00. The normalized spacial score (nSPS) is 10.6. The van der Waals surface area contributed by atoms with E-state index in [1.54, 1.807) is 0 Å². The Morgan fingerprint density at radius 1 is 0.895 bits per heavy atom. The zero-order valence-electron chi connectivity index (χ0n) is 10.5. The molecule has 1 heterocycles. The minimum atomic E-state index is 0.444. The number of hydrogen-bond donors (Lipinski definition) is 1. The summed E-state index contributed by atoms with van der Waals surface area (Å²) < 4.78 is 5.69. The third kappa shape index (κ3) is 2.08.